The number of aromatic nitrogens is 1. The van der Waals surface area contributed by atoms with Crippen LogP contribution in [0.25, 0.3) is 0 Å². The van der Waals surface area contributed by atoms with Gasteiger partial charge in [0.15, 0.2) is 0 Å². The third-order valence-electron chi connectivity index (χ3n) is 3.00. The topological polar surface area (TPSA) is 24.9 Å². The molecule has 0 saturated heterocycles. The van der Waals surface area contributed by atoms with Gasteiger partial charge in [-0.15, -0.1) is 0 Å². The maximum atomic E-state index is 4.39. The van der Waals surface area contributed by atoms with E-state index in [-0.39, 0.29) is 0 Å². The van der Waals surface area contributed by atoms with Crippen molar-refractivity contribution in [3.8, 4) is 0 Å². The average molecular weight is 305 g/mol. The van der Waals surface area contributed by atoms with Crippen molar-refractivity contribution in [1.29, 1.82) is 0 Å². The number of pyridine rings is 1. The normalized spacial score (nSPS) is 10.4. The number of rotatable bonds is 3. The van der Waals surface area contributed by atoms with Gasteiger partial charge in [0.25, 0.3) is 0 Å². The zero-order chi connectivity index (χ0) is 13.1. The van der Waals surface area contributed by atoms with Gasteiger partial charge in [0.05, 0.1) is 0 Å². The zero-order valence-corrected chi connectivity index (χ0v) is 12.5. The number of benzene rings is 1. The van der Waals surface area contributed by atoms with E-state index in [4.69, 9.17) is 0 Å². The fourth-order valence-corrected chi connectivity index (χ4v) is 2.34. The van der Waals surface area contributed by atoms with Crippen LogP contribution in [-0.4, -0.2) is 4.98 Å². The van der Waals surface area contributed by atoms with E-state index in [1.54, 1.807) is 0 Å². The Morgan fingerprint density at radius 3 is 2.61 bits per heavy atom. The summed E-state index contributed by atoms with van der Waals surface area (Å²) in [6, 6.07) is 8.59. The van der Waals surface area contributed by atoms with Gasteiger partial charge in [0.2, 0.25) is 0 Å². The Bertz CT molecular complexity index is 564. The molecule has 1 aromatic carbocycles. The monoisotopic (exact) mass is 304 g/mol. The van der Waals surface area contributed by atoms with Crippen molar-refractivity contribution < 1.29 is 0 Å². The fourth-order valence-electron chi connectivity index (χ4n) is 1.90. The minimum absolute atomic E-state index is 0.809. The molecule has 2 rings (SSSR count). The van der Waals surface area contributed by atoms with Gasteiger partial charge in [-0.3, -0.25) is 0 Å². The number of hydrogen-bond acceptors (Lipinski definition) is 2. The Morgan fingerprint density at radius 1 is 1.11 bits per heavy atom. The second kappa shape index (κ2) is 5.53. The van der Waals surface area contributed by atoms with Crippen molar-refractivity contribution >= 4 is 21.7 Å². The number of nitrogens with one attached hydrogen (secondary N) is 1. The average Bonchev–Trinajstić information content (AvgIpc) is 2.32. The number of anilines is 1. The highest BCUT2D eigenvalue weighted by molar-refractivity contribution is 9.10. The van der Waals surface area contributed by atoms with Gasteiger partial charge >= 0.3 is 0 Å². The highest BCUT2D eigenvalue weighted by Crippen LogP contribution is 2.18. The Morgan fingerprint density at radius 2 is 1.89 bits per heavy atom. The van der Waals surface area contributed by atoms with Crippen LogP contribution >= 0.6 is 15.9 Å². The molecule has 0 aliphatic heterocycles. The van der Waals surface area contributed by atoms with Gasteiger partial charge in [-0.25, -0.2) is 4.98 Å². The molecule has 2 aromatic rings. The summed E-state index contributed by atoms with van der Waals surface area (Å²) in [7, 11) is 0. The molecule has 1 N–H and O–H groups in total. The van der Waals surface area contributed by atoms with Crippen LogP contribution in [0, 0.1) is 20.8 Å². The lowest BCUT2D eigenvalue weighted by Crippen LogP contribution is -2.04. The Labute approximate surface area is 117 Å². The Hall–Kier alpha value is -1.35. The number of halogens is 1. The van der Waals surface area contributed by atoms with Crippen molar-refractivity contribution in [2.24, 2.45) is 0 Å². The van der Waals surface area contributed by atoms with Crippen LogP contribution in [0.15, 0.2) is 34.9 Å². The molecule has 0 unspecified atom stereocenters. The van der Waals surface area contributed by atoms with E-state index in [1.807, 2.05) is 6.20 Å². The van der Waals surface area contributed by atoms with E-state index < -0.39 is 0 Å². The fraction of sp³-hybridized carbons (Fsp3) is 0.267. The SMILES string of the molecule is Cc1ccc(C)c(CNc2ncc(Br)cc2C)c1. The van der Waals surface area contributed by atoms with Gasteiger partial charge in [0, 0.05) is 17.2 Å². The van der Waals surface area contributed by atoms with Gasteiger partial charge in [0.1, 0.15) is 5.82 Å². The van der Waals surface area contributed by atoms with E-state index in [2.05, 4.69) is 71.3 Å². The lowest BCUT2D eigenvalue weighted by Gasteiger charge is -2.11. The smallest absolute Gasteiger partial charge is 0.129 e. The number of hydrogen-bond donors (Lipinski definition) is 1. The molecule has 0 radical (unpaired) electrons. The molecule has 1 heterocycles. The molecule has 18 heavy (non-hydrogen) atoms. The van der Waals surface area contributed by atoms with Crippen LogP contribution in [0.3, 0.4) is 0 Å². The lowest BCUT2D eigenvalue weighted by atomic mass is 10.1. The molecule has 0 saturated carbocycles. The molecule has 0 aliphatic carbocycles. The quantitative estimate of drug-likeness (QED) is 0.910. The first kappa shape index (κ1) is 13.1. The first-order valence-electron chi connectivity index (χ1n) is 5.98. The number of aryl methyl sites for hydroxylation is 3. The van der Waals surface area contributed by atoms with Gasteiger partial charge in [-0.05, 0) is 59.5 Å². The zero-order valence-electron chi connectivity index (χ0n) is 10.9. The van der Waals surface area contributed by atoms with Crippen LogP contribution in [0.4, 0.5) is 5.82 Å². The summed E-state index contributed by atoms with van der Waals surface area (Å²) in [6.07, 6.45) is 1.82. The molecular formula is C15H17BrN2. The molecule has 0 amide bonds. The van der Waals surface area contributed by atoms with Gasteiger partial charge in [-0.2, -0.15) is 0 Å². The minimum Gasteiger partial charge on any atom is -0.366 e. The van der Waals surface area contributed by atoms with Crippen molar-refractivity contribution in [2.75, 3.05) is 5.32 Å². The molecule has 3 heteroatoms. The van der Waals surface area contributed by atoms with Crippen LogP contribution in [0.5, 0.6) is 0 Å². The molecular weight excluding hydrogens is 288 g/mol. The Balaban J connectivity index is 2.13. The molecule has 0 spiro atoms. The van der Waals surface area contributed by atoms with Crippen LogP contribution < -0.4 is 5.32 Å². The maximum absolute atomic E-state index is 4.39. The van der Waals surface area contributed by atoms with Crippen molar-refractivity contribution in [3.05, 3.63) is 57.2 Å². The standard InChI is InChI=1S/C15H17BrN2/c1-10-4-5-11(2)13(6-10)8-17-15-12(3)7-14(16)9-18-15/h4-7,9H,8H2,1-3H3,(H,17,18). The molecule has 0 aliphatic rings. The molecule has 1 aromatic heterocycles. The van der Waals surface area contributed by atoms with Crippen LogP contribution in [0.1, 0.15) is 22.3 Å². The van der Waals surface area contributed by atoms with E-state index in [0.717, 1.165) is 22.4 Å². The van der Waals surface area contributed by atoms with Gasteiger partial charge in [-0.1, -0.05) is 23.8 Å². The highest BCUT2D eigenvalue weighted by Gasteiger charge is 2.02. The largest absolute Gasteiger partial charge is 0.366 e. The summed E-state index contributed by atoms with van der Waals surface area (Å²) in [5, 5.41) is 3.39. The molecule has 0 bridgehead atoms. The summed E-state index contributed by atoms with van der Waals surface area (Å²) in [6.45, 7) is 7.12. The van der Waals surface area contributed by atoms with Gasteiger partial charge < -0.3 is 5.32 Å². The first-order chi connectivity index (χ1) is 8.56. The predicted molar refractivity (Wildman–Crippen MR) is 79.9 cm³/mol. The summed E-state index contributed by atoms with van der Waals surface area (Å²) < 4.78 is 1.01. The number of nitrogens with zero attached hydrogens (tertiary/aromatic N) is 1. The van der Waals surface area contributed by atoms with Crippen molar-refractivity contribution in [3.63, 3.8) is 0 Å². The second-order valence-electron chi connectivity index (χ2n) is 4.60. The van der Waals surface area contributed by atoms with E-state index >= 15 is 0 Å². The van der Waals surface area contributed by atoms with E-state index in [0.29, 0.717) is 0 Å². The van der Waals surface area contributed by atoms with Crippen molar-refractivity contribution in [1.82, 2.24) is 4.98 Å². The highest BCUT2D eigenvalue weighted by atomic mass is 79.9. The summed E-state index contributed by atoms with van der Waals surface area (Å²) in [4.78, 5) is 4.39. The molecule has 0 fully saturated rings. The summed E-state index contributed by atoms with van der Waals surface area (Å²) >= 11 is 3.42. The third-order valence-corrected chi connectivity index (χ3v) is 3.43. The van der Waals surface area contributed by atoms with Crippen molar-refractivity contribution in [2.45, 2.75) is 27.3 Å². The Kier molecular flexibility index (Phi) is 4.02. The van der Waals surface area contributed by atoms with E-state index in [1.165, 1.54) is 16.7 Å². The lowest BCUT2D eigenvalue weighted by molar-refractivity contribution is 1.07. The van der Waals surface area contributed by atoms with Crippen LogP contribution in [0.2, 0.25) is 0 Å². The van der Waals surface area contributed by atoms with E-state index in [9.17, 15) is 0 Å². The summed E-state index contributed by atoms with van der Waals surface area (Å²) in [5.74, 6) is 0.944. The minimum atomic E-state index is 0.809. The maximum Gasteiger partial charge on any atom is 0.129 e. The molecule has 94 valence electrons. The third kappa shape index (κ3) is 3.10. The second-order valence-corrected chi connectivity index (χ2v) is 5.52. The molecule has 0 atom stereocenters. The molecule has 2 nitrogen and oxygen atoms in total. The van der Waals surface area contributed by atoms with Crippen LogP contribution in [-0.2, 0) is 6.54 Å². The predicted octanol–water partition coefficient (Wildman–Crippen LogP) is 4.38. The first-order valence-corrected chi connectivity index (χ1v) is 6.77. The summed E-state index contributed by atoms with van der Waals surface area (Å²) in [5.41, 5.74) is 5.06.